The van der Waals surface area contributed by atoms with E-state index in [1.807, 2.05) is 27.7 Å². The lowest BCUT2D eigenvalue weighted by atomic mass is 9.99. The van der Waals surface area contributed by atoms with Gasteiger partial charge < -0.3 is 5.11 Å². The third kappa shape index (κ3) is 0.959. The van der Waals surface area contributed by atoms with Gasteiger partial charge >= 0.3 is 5.97 Å². The Morgan fingerprint density at radius 1 is 1.36 bits per heavy atom. The van der Waals surface area contributed by atoms with Crippen LogP contribution in [0, 0.1) is 16.7 Å². The molecule has 0 aromatic rings. The van der Waals surface area contributed by atoms with E-state index in [0.717, 1.165) is 0 Å². The maximum Gasteiger partial charge on any atom is 0.310 e. The molecule has 0 amide bonds. The van der Waals surface area contributed by atoms with Crippen molar-refractivity contribution < 1.29 is 9.90 Å². The summed E-state index contributed by atoms with van der Waals surface area (Å²) in [5.74, 6) is -0.359. The minimum Gasteiger partial charge on any atom is -0.481 e. The molecule has 1 rings (SSSR count). The summed E-state index contributed by atoms with van der Waals surface area (Å²) in [6, 6.07) is 0. The molecule has 2 unspecified atom stereocenters. The van der Waals surface area contributed by atoms with E-state index in [9.17, 15) is 4.79 Å². The zero-order chi connectivity index (χ0) is 8.15. The van der Waals surface area contributed by atoms with E-state index in [2.05, 4.69) is 0 Å². The summed E-state index contributed by atoms with van der Waals surface area (Å²) in [6.45, 7) is 7.83. The van der Waals surface area contributed by atoms with E-state index in [-0.39, 0.29) is 17.8 Å². The van der Waals surface area contributed by atoms with Crippen molar-refractivity contribution in [2.45, 2.75) is 27.7 Å². The van der Waals surface area contributed by atoms with Crippen molar-refractivity contribution >= 4 is 18.4 Å². The van der Waals surface area contributed by atoms with Gasteiger partial charge in [0.15, 0.2) is 0 Å². The molecule has 0 aromatic heterocycles. The maximum absolute atomic E-state index is 10.7. The number of halogens is 1. The van der Waals surface area contributed by atoms with Gasteiger partial charge in [-0.2, -0.15) is 0 Å². The molecule has 2 atom stereocenters. The molecule has 0 aliphatic heterocycles. The van der Waals surface area contributed by atoms with Crippen LogP contribution in [0.1, 0.15) is 27.7 Å². The van der Waals surface area contributed by atoms with Gasteiger partial charge in [0.2, 0.25) is 0 Å². The Hall–Kier alpha value is -0.240. The predicted molar refractivity (Wildman–Crippen MR) is 45.9 cm³/mol. The van der Waals surface area contributed by atoms with E-state index in [1.54, 1.807) is 0 Å². The van der Waals surface area contributed by atoms with Crippen LogP contribution >= 0.6 is 12.4 Å². The molecule has 1 aliphatic rings. The van der Waals surface area contributed by atoms with Crippen molar-refractivity contribution in [3.05, 3.63) is 0 Å². The summed E-state index contributed by atoms with van der Waals surface area (Å²) in [5, 5.41) is 8.82. The Kier molecular flexibility index (Phi) is 2.32. The molecule has 0 spiro atoms. The summed E-state index contributed by atoms with van der Waals surface area (Å²) < 4.78 is 0. The number of carboxylic acids is 1. The van der Waals surface area contributed by atoms with Crippen LogP contribution in [0.25, 0.3) is 0 Å². The Labute approximate surface area is 73.4 Å². The molecule has 0 aromatic carbocycles. The fourth-order valence-corrected chi connectivity index (χ4v) is 1.73. The Balaban J connectivity index is 0.000001000. The fourth-order valence-electron chi connectivity index (χ4n) is 1.73. The molecule has 66 valence electrons. The SMILES string of the molecule is CC1C(C)(C)C1(C)C(=O)O.Cl. The van der Waals surface area contributed by atoms with Gasteiger partial charge in [-0.3, -0.25) is 4.79 Å². The van der Waals surface area contributed by atoms with Crippen LogP contribution in [0.4, 0.5) is 0 Å². The minimum atomic E-state index is -0.662. The third-order valence-corrected chi connectivity index (χ3v) is 3.65. The number of aliphatic carboxylic acids is 1. The van der Waals surface area contributed by atoms with E-state index in [1.165, 1.54) is 0 Å². The molecule has 11 heavy (non-hydrogen) atoms. The number of rotatable bonds is 1. The zero-order valence-corrected chi connectivity index (χ0v) is 8.16. The molecule has 3 heteroatoms. The normalized spacial score (nSPS) is 39.1. The predicted octanol–water partition coefficient (Wildman–Crippen LogP) is 2.18. The third-order valence-electron chi connectivity index (χ3n) is 3.65. The molecule has 0 bridgehead atoms. The Morgan fingerprint density at radius 2 is 1.64 bits per heavy atom. The number of hydrogen-bond acceptors (Lipinski definition) is 1. The molecule has 1 fully saturated rings. The molecule has 2 nitrogen and oxygen atoms in total. The van der Waals surface area contributed by atoms with Gasteiger partial charge in [-0.15, -0.1) is 12.4 Å². The second kappa shape index (κ2) is 2.37. The van der Waals surface area contributed by atoms with Gasteiger partial charge in [-0.25, -0.2) is 0 Å². The van der Waals surface area contributed by atoms with Crippen molar-refractivity contribution in [1.29, 1.82) is 0 Å². The maximum atomic E-state index is 10.7. The van der Waals surface area contributed by atoms with Crippen molar-refractivity contribution in [1.82, 2.24) is 0 Å². The quantitative estimate of drug-likeness (QED) is 0.669. The highest BCUT2D eigenvalue weighted by Gasteiger charge is 2.70. The lowest BCUT2D eigenvalue weighted by Gasteiger charge is -2.06. The monoisotopic (exact) mass is 178 g/mol. The Morgan fingerprint density at radius 3 is 1.64 bits per heavy atom. The minimum absolute atomic E-state index is 0. The van der Waals surface area contributed by atoms with E-state index in [4.69, 9.17) is 5.11 Å². The molecule has 0 saturated heterocycles. The molecule has 1 saturated carbocycles. The highest BCUT2D eigenvalue weighted by Crippen LogP contribution is 2.68. The lowest BCUT2D eigenvalue weighted by Crippen LogP contribution is -2.16. The standard InChI is InChI=1S/C8H14O2.ClH/c1-5-7(2,3)8(5,4)6(9)10;/h5H,1-4H3,(H,9,10);1H. The van der Waals surface area contributed by atoms with Gasteiger partial charge in [0.05, 0.1) is 5.41 Å². The zero-order valence-electron chi connectivity index (χ0n) is 7.34. The molecule has 1 N–H and O–H groups in total. The van der Waals surface area contributed by atoms with Gasteiger partial charge in [0.25, 0.3) is 0 Å². The van der Waals surface area contributed by atoms with Crippen molar-refractivity contribution in [3.63, 3.8) is 0 Å². The molecule has 0 radical (unpaired) electrons. The van der Waals surface area contributed by atoms with Gasteiger partial charge in [-0.05, 0) is 18.3 Å². The summed E-state index contributed by atoms with van der Waals surface area (Å²) in [6.07, 6.45) is 0. The van der Waals surface area contributed by atoms with Crippen LogP contribution in [0.3, 0.4) is 0 Å². The van der Waals surface area contributed by atoms with E-state index >= 15 is 0 Å². The molecular weight excluding hydrogens is 164 g/mol. The fraction of sp³-hybridized carbons (Fsp3) is 0.875. The average molecular weight is 179 g/mol. The first kappa shape index (κ1) is 10.8. The summed E-state index contributed by atoms with van der Waals surface area (Å²) >= 11 is 0. The summed E-state index contributed by atoms with van der Waals surface area (Å²) in [7, 11) is 0. The van der Waals surface area contributed by atoms with Crippen LogP contribution in [0.5, 0.6) is 0 Å². The van der Waals surface area contributed by atoms with E-state index in [0.29, 0.717) is 5.92 Å². The second-order valence-corrected chi connectivity index (χ2v) is 3.95. The highest BCUT2D eigenvalue weighted by atomic mass is 35.5. The van der Waals surface area contributed by atoms with Crippen LogP contribution < -0.4 is 0 Å². The first-order valence-corrected chi connectivity index (χ1v) is 3.58. The Bertz CT molecular complexity index is 189. The van der Waals surface area contributed by atoms with Crippen molar-refractivity contribution in [3.8, 4) is 0 Å². The topological polar surface area (TPSA) is 37.3 Å². The average Bonchev–Trinajstić information content (AvgIpc) is 2.16. The van der Waals surface area contributed by atoms with Gasteiger partial charge in [0.1, 0.15) is 0 Å². The first-order valence-electron chi connectivity index (χ1n) is 3.58. The number of carbonyl (C=O) groups is 1. The van der Waals surface area contributed by atoms with Gasteiger partial charge in [-0.1, -0.05) is 20.8 Å². The van der Waals surface area contributed by atoms with Crippen LogP contribution in [0.15, 0.2) is 0 Å². The van der Waals surface area contributed by atoms with Crippen LogP contribution in [0.2, 0.25) is 0 Å². The van der Waals surface area contributed by atoms with Gasteiger partial charge in [0, 0.05) is 0 Å². The lowest BCUT2D eigenvalue weighted by molar-refractivity contribution is -0.144. The summed E-state index contributed by atoms with van der Waals surface area (Å²) in [4.78, 5) is 10.7. The highest BCUT2D eigenvalue weighted by molar-refractivity contribution is 5.85. The van der Waals surface area contributed by atoms with Crippen molar-refractivity contribution in [2.24, 2.45) is 16.7 Å². The number of carboxylic acid groups (broad SMARTS) is 1. The van der Waals surface area contributed by atoms with Crippen LogP contribution in [-0.4, -0.2) is 11.1 Å². The first-order chi connectivity index (χ1) is 4.35. The van der Waals surface area contributed by atoms with Crippen molar-refractivity contribution in [2.75, 3.05) is 0 Å². The van der Waals surface area contributed by atoms with Crippen LogP contribution in [-0.2, 0) is 4.79 Å². The largest absolute Gasteiger partial charge is 0.481 e. The summed E-state index contributed by atoms with van der Waals surface area (Å²) in [5.41, 5.74) is -0.494. The number of hydrogen-bond donors (Lipinski definition) is 1. The molecule has 1 aliphatic carbocycles. The second-order valence-electron chi connectivity index (χ2n) is 3.95. The molecular formula is C8H15ClO2. The molecule has 0 heterocycles. The smallest absolute Gasteiger partial charge is 0.310 e. The van der Waals surface area contributed by atoms with E-state index < -0.39 is 11.4 Å².